The predicted octanol–water partition coefficient (Wildman–Crippen LogP) is 1.92. The summed E-state index contributed by atoms with van der Waals surface area (Å²) in [7, 11) is 0. The molecule has 1 aliphatic rings. The molecule has 2 aromatic rings. The van der Waals surface area contributed by atoms with Gasteiger partial charge in [-0.2, -0.15) is 5.10 Å². The summed E-state index contributed by atoms with van der Waals surface area (Å²) in [5.41, 5.74) is 2.05. The molecule has 1 aromatic heterocycles. The maximum atomic E-state index is 12.1. The van der Waals surface area contributed by atoms with Gasteiger partial charge < -0.3 is 15.3 Å². The number of nitrogens with one attached hydrogen (secondary N) is 1. The second-order valence-electron chi connectivity index (χ2n) is 6.21. The minimum absolute atomic E-state index is 0.126. The predicted molar refractivity (Wildman–Crippen MR) is 92.6 cm³/mol. The molecule has 132 valence electrons. The smallest absolute Gasteiger partial charge is 0.317 e. The molecule has 3 rings (SSSR count). The SMILES string of the molecule is O=C(O)C1CCN(C(=O)NCCc2cnn(-c3ccccc3)c2)CC1. The van der Waals surface area contributed by atoms with Gasteiger partial charge >= 0.3 is 12.0 Å². The van der Waals surface area contributed by atoms with Gasteiger partial charge in [0.25, 0.3) is 0 Å². The Balaban J connectivity index is 1.43. The first-order valence-electron chi connectivity index (χ1n) is 8.48. The van der Waals surface area contributed by atoms with E-state index in [2.05, 4.69) is 10.4 Å². The first-order chi connectivity index (χ1) is 12.1. The minimum atomic E-state index is -0.768. The van der Waals surface area contributed by atoms with Crippen LogP contribution in [-0.2, 0) is 11.2 Å². The van der Waals surface area contributed by atoms with Gasteiger partial charge in [-0.05, 0) is 37.0 Å². The summed E-state index contributed by atoms with van der Waals surface area (Å²) in [6.45, 7) is 1.52. The number of hydrogen-bond donors (Lipinski definition) is 2. The number of carboxylic acid groups (broad SMARTS) is 1. The number of para-hydroxylation sites is 1. The molecule has 0 atom stereocenters. The molecule has 1 aromatic carbocycles. The highest BCUT2D eigenvalue weighted by molar-refractivity contribution is 5.75. The summed E-state index contributed by atoms with van der Waals surface area (Å²) in [5, 5.41) is 16.2. The van der Waals surface area contributed by atoms with Gasteiger partial charge in [0, 0.05) is 25.8 Å². The molecule has 25 heavy (non-hydrogen) atoms. The number of benzene rings is 1. The number of aliphatic carboxylic acids is 1. The fraction of sp³-hybridized carbons (Fsp3) is 0.389. The van der Waals surface area contributed by atoms with E-state index < -0.39 is 5.97 Å². The third-order valence-corrected chi connectivity index (χ3v) is 4.48. The Morgan fingerprint density at radius 1 is 1.20 bits per heavy atom. The van der Waals surface area contributed by atoms with E-state index in [9.17, 15) is 9.59 Å². The summed E-state index contributed by atoms with van der Waals surface area (Å²) in [4.78, 5) is 24.8. The van der Waals surface area contributed by atoms with Gasteiger partial charge in [-0.3, -0.25) is 4.79 Å². The number of urea groups is 1. The number of carbonyl (C=O) groups is 2. The van der Waals surface area contributed by atoms with E-state index in [0.29, 0.717) is 38.9 Å². The van der Waals surface area contributed by atoms with Crippen molar-refractivity contribution in [1.29, 1.82) is 0 Å². The van der Waals surface area contributed by atoms with Gasteiger partial charge in [-0.15, -0.1) is 0 Å². The fourth-order valence-electron chi connectivity index (χ4n) is 2.97. The largest absolute Gasteiger partial charge is 0.481 e. The number of carbonyl (C=O) groups excluding carboxylic acids is 1. The maximum Gasteiger partial charge on any atom is 0.317 e. The van der Waals surface area contributed by atoms with Crippen molar-refractivity contribution in [3.05, 3.63) is 48.3 Å². The van der Waals surface area contributed by atoms with Crippen LogP contribution in [0.1, 0.15) is 18.4 Å². The van der Waals surface area contributed by atoms with E-state index in [1.165, 1.54) is 0 Å². The van der Waals surface area contributed by atoms with E-state index in [-0.39, 0.29) is 11.9 Å². The van der Waals surface area contributed by atoms with Gasteiger partial charge in [0.15, 0.2) is 0 Å². The lowest BCUT2D eigenvalue weighted by Crippen LogP contribution is -2.45. The van der Waals surface area contributed by atoms with Crippen LogP contribution >= 0.6 is 0 Å². The number of likely N-dealkylation sites (tertiary alicyclic amines) is 1. The van der Waals surface area contributed by atoms with Crippen LogP contribution < -0.4 is 5.32 Å². The van der Waals surface area contributed by atoms with Crippen molar-refractivity contribution in [2.24, 2.45) is 5.92 Å². The number of hydrogen-bond acceptors (Lipinski definition) is 3. The molecule has 7 heteroatoms. The van der Waals surface area contributed by atoms with Gasteiger partial charge in [0.1, 0.15) is 0 Å². The molecular weight excluding hydrogens is 320 g/mol. The standard InChI is InChI=1S/C18H22N4O3/c23-17(24)15-7-10-21(11-8-15)18(25)19-9-6-14-12-20-22(13-14)16-4-2-1-3-5-16/h1-5,12-13,15H,6-11H2,(H,19,25)(H,23,24). The highest BCUT2D eigenvalue weighted by Crippen LogP contribution is 2.17. The molecule has 2 N–H and O–H groups in total. The van der Waals surface area contributed by atoms with Crippen LogP contribution in [0.4, 0.5) is 4.79 Å². The summed E-state index contributed by atoms with van der Waals surface area (Å²) in [6.07, 6.45) is 5.50. The van der Waals surface area contributed by atoms with Gasteiger partial charge in [-0.25, -0.2) is 9.48 Å². The van der Waals surface area contributed by atoms with Crippen LogP contribution in [0, 0.1) is 5.92 Å². The third-order valence-electron chi connectivity index (χ3n) is 4.48. The molecule has 0 saturated carbocycles. The monoisotopic (exact) mass is 342 g/mol. The van der Waals surface area contributed by atoms with Crippen molar-refractivity contribution < 1.29 is 14.7 Å². The third kappa shape index (κ3) is 4.37. The molecule has 1 aliphatic heterocycles. The lowest BCUT2D eigenvalue weighted by atomic mass is 9.97. The number of piperidine rings is 1. The second kappa shape index (κ2) is 7.83. The van der Waals surface area contributed by atoms with Crippen LogP contribution in [0.15, 0.2) is 42.7 Å². The zero-order valence-corrected chi connectivity index (χ0v) is 14.0. The zero-order chi connectivity index (χ0) is 17.6. The van der Waals surface area contributed by atoms with E-state index >= 15 is 0 Å². The summed E-state index contributed by atoms with van der Waals surface area (Å²) in [6, 6.07) is 9.73. The Labute approximate surface area is 146 Å². The van der Waals surface area contributed by atoms with Crippen LogP contribution in [-0.4, -0.2) is 51.4 Å². The average molecular weight is 342 g/mol. The Morgan fingerprint density at radius 2 is 1.92 bits per heavy atom. The molecule has 0 unspecified atom stereocenters. The van der Waals surface area contributed by atoms with Crippen LogP contribution in [0.5, 0.6) is 0 Å². The molecular formula is C18H22N4O3. The topological polar surface area (TPSA) is 87.5 Å². The van der Waals surface area contributed by atoms with Crippen molar-refractivity contribution >= 4 is 12.0 Å². The highest BCUT2D eigenvalue weighted by Gasteiger charge is 2.26. The average Bonchev–Trinajstić information content (AvgIpc) is 3.11. The molecule has 2 heterocycles. The van der Waals surface area contributed by atoms with E-state index in [1.807, 2.05) is 41.2 Å². The number of aromatic nitrogens is 2. The zero-order valence-electron chi connectivity index (χ0n) is 14.0. The van der Waals surface area contributed by atoms with Crippen molar-refractivity contribution in [1.82, 2.24) is 20.0 Å². The molecule has 1 fully saturated rings. The fourth-order valence-corrected chi connectivity index (χ4v) is 2.97. The van der Waals surface area contributed by atoms with Crippen LogP contribution in [0.3, 0.4) is 0 Å². The molecule has 0 radical (unpaired) electrons. The molecule has 7 nitrogen and oxygen atoms in total. The Morgan fingerprint density at radius 3 is 2.60 bits per heavy atom. The molecule has 0 spiro atoms. The van der Waals surface area contributed by atoms with Gasteiger partial charge in [0.2, 0.25) is 0 Å². The summed E-state index contributed by atoms with van der Waals surface area (Å²) in [5.74, 6) is -1.09. The van der Waals surface area contributed by atoms with Crippen molar-refractivity contribution in [3.8, 4) is 5.69 Å². The van der Waals surface area contributed by atoms with E-state index in [4.69, 9.17) is 5.11 Å². The molecule has 2 amide bonds. The lowest BCUT2D eigenvalue weighted by Gasteiger charge is -2.30. The van der Waals surface area contributed by atoms with Gasteiger partial charge in [-0.1, -0.05) is 18.2 Å². The minimum Gasteiger partial charge on any atom is -0.481 e. The van der Waals surface area contributed by atoms with Crippen LogP contribution in [0.2, 0.25) is 0 Å². The van der Waals surface area contributed by atoms with E-state index in [0.717, 1.165) is 11.3 Å². The summed E-state index contributed by atoms with van der Waals surface area (Å²) >= 11 is 0. The normalized spacial score (nSPS) is 15.1. The van der Waals surface area contributed by atoms with Crippen molar-refractivity contribution in [2.75, 3.05) is 19.6 Å². The number of rotatable bonds is 5. The first-order valence-corrected chi connectivity index (χ1v) is 8.48. The second-order valence-corrected chi connectivity index (χ2v) is 6.21. The summed E-state index contributed by atoms with van der Waals surface area (Å²) < 4.78 is 1.81. The lowest BCUT2D eigenvalue weighted by molar-refractivity contribution is -0.143. The maximum absolute atomic E-state index is 12.1. The quantitative estimate of drug-likeness (QED) is 0.869. The number of nitrogens with zero attached hydrogens (tertiary/aromatic N) is 3. The number of carboxylic acids is 1. The van der Waals surface area contributed by atoms with Gasteiger partial charge in [0.05, 0.1) is 17.8 Å². The Hall–Kier alpha value is -2.83. The molecule has 1 saturated heterocycles. The van der Waals surface area contributed by atoms with Crippen molar-refractivity contribution in [2.45, 2.75) is 19.3 Å². The van der Waals surface area contributed by atoms with Crippen LogP contribution in [0.25, 0.3) is 5.69 Å². The highest BCUT2D eigenvalue weighted by atomic mass is 16.4. The van der Waals surface area contributed by atoms with E-state index in [1.54, 1.807) is 11.1 Å². The molecule has 0 bridgehead atoms. The molecule has 0 aliphatic carbocycles. The Kier molecular flexibility index (Phi) is 5.33. The first kappa shape index (κ1) is 17.0. The number of amides is 2. The Bertz CT molecular complexity index is 721. The van der Waals surface area contributed by atoms with Crippen molar-refractivity contribution in [3.63, 3.8) is 0 Å².